The zero-order valence-corrected chi connectivity index (χ0v) is 7.56. The smallest absolute Gasteiger partial charge is 0.252 e. The molecule has 1 unspecified atom stereocenters. The predicted octanol–water partition coefficient (Wildman–Crippen LogP) is 1.34. The number of nitrogens with one attached hydrogen (secondary N) is 1. The lowest BCUT2D eigenvalue weighted by Gasteiger charge is -2.15. The number of alkyl halides is 2. The van der Waals surface area contributed by atoms with Crippen molar-refractivity contribution in [1.29, 1.82) is 0 Å². The van der Waals surface area contributed by atoms with E-state index < -0.39 is 6.43 Å². The van der Waals surface area contributed by atoms with Crippen molar-refractivity contribution in [1.82, 2.24) is 10.4 Å². The molecular weight excluding hydrogens is 162 g/mol. The number of hydrogen-bond acceptors (Lipinski definition) is 2. The van der Waals surface area contributed by atoms with Gasteiger partial charge in [-0.3, -0.25) is 5.43 Å². The normalized spacial score (nSPS) is 26.0. The fourth-order valence-corrected chi connectivity index (χ4v) is 1.41. The van der Waals surface area contributed by atoms with Crippen LogP contribution in [0.15, 0.2) is 0 Å². The van der Waals surface area contributed by atoms with E-state index in [-0.39, 0.29) is 6.54 Å². The standard InChI is InChI=1S/C8H16F2N2/c1-6(2)7-3-11-12(4-7)5-8(9)10/h6-8,11H,3-5H2,1-2H3. The van der Waals surface area contributed by atoms with Crippen LogP contribution in [-0.4, -0.2) is 31.1 Å². The van der Waals surface area contributed by atoms with Crippen LogP contribution in [0.1, 0.15) is 13.8 Å². The highest BCUT2D eigenvalue weighted by atomic mass is 19.3. The second-order valence-corrected chi connectivity index (χ2v) is 3.66. The fourth-order valence-electron chi connectivity index (χ4n) is 1.41. The Balaban J connectivity index is 2.26. The van der Waals surface area contributed by atoms with Gasteiger partial charge in [-0.1, -0.05) is 13.8 Å². The van der Waals surface area contributed by atoms with E-state index in [4.69, 9.17) is 0 Å². The van der Waals surface area contributed by atoms with E-state index in [1.54, 1.807) is 5.01 Å². The van der Waals surface area contributed by atoms with Crippen molar-refractivity contribution in [3.8, 4) is 0 Å². The second kappa shape index (κ2) is 4.14. The van der Waals surface area contributed by atoms with E-state index in [1.165, 1.54) is 0 Å². The molecule has 1 N–H and O–H groups in total. The Morgan fingerprint density at radius 3 is 2.58 bits per heavy atom. The predicted molar refractivity (Wildman–Crippen MR) is 43.9 cm³/mol. The van der Waals surface area contributed by atoms with E-state index in [2.05, 4.69) is 19.3 Å². The first-order valence-corrected chi connectivity index (χ1v) is 4.36. The van der Waals surface area contributed by atoms with Crippen molar-refractivity contribution in [2.24, 2.45) is 11.8 Å². The van der Waals surface area contributed by atoms with Crippen LogP contribution in [0.4, 0.5) is 8.78 Å². The minimum Gasteiger partial charge on any atom is -0.255 e. The molecule has 1 aliphatic rings. The molecule has 1 rings (SSSR count). The molecule has 1 atom stereocenters. The molecule has 0 aliphatic carbocycles. The lowest BCUT2D eigenvalue weighted by atomic mass is 9.97. The first-order chi connectivity index (χ1) is 5.59. The molecule has 0 saturated carbocycles. The van der Waals surface area contributed by atoms with Gasteiger partial charge in [0.2, 0.25) is 0 Å². The Kier molecular flexibility index (Phi) is 3.40. The summed E-state index contributed by atoms with van der Waals surface area (Å²) in [7, 11) is 0. The molecule has 12 heavy (non-hydrogen) atoms. The van der Waals surface area contributed by atoms with Gasteiger partial charge in [-0.05, 0) is 11.8 Å². The highest BCUT2D eigenvalue weighted by Gasteiger charge is 2.25. The van der Waals surface area contributed by atoms with Crippen LogP contribution in [0.25, 0.3) is 0 Å². The summed E-state index contributed by atoms with van der Waals surface area (Å²) in [5.74, 6) is 1.09. The molecule has 0 spiro atoms. The zero-order valence-electron chi connectivity index (χ0n) is 7.56. The number of hydrogen-bond donors (Lipinski definition) is 1. The first-order valence-electron chi connectivity index (χ1n) is 4.36. The average molecular weight is 178 g/mol. The molecule has 0 aromatic heterocycles. The molecule has 4 heteroatoms. The number of hydrazine groups is 1. The van der Waals surface area contributed by atoms with Gasteiger partial charge in [0.25, 0.3) is 6.43 Å². The van der Waals surface area contributed by atoms with Crippen LogP contribution in [0.3, 0.4) is 0 Å². The molecule has 0 amide bonds. The van der Waals surface area contributed by atoms with E-state index in [9.17, 15) is 8.78 Å². The minimum atomic E-state index is -2.23. The van der Waals surface area contributed by atoms with E-state index in [1.807, 2.05) is 0 Å². The second-order valence-electron chi connectivity index (χ2n) is 3.66. The third-order valence-corrected chi connectivity index (χ3v) is 2.33. The molecule has 1 aliphatic heterocycles. The molecule has 1 heterocycles. The molecule has 1 fully saturated rings. The quantitative estimate of drug-likeness (QED) is 0.701. The highest BCUT2D eigenvalue weighted by Crippen LogP contribution is 2.16. The number of halogens is 2. The van der Waals surface area contributed by atoms with Gasteiger partial charge in [-0.25, -0.2) is 13.8 Å². The van der Waals surface area contributed by atoms with Gasteiger partial charge >= 0.3 is 0 Å². The van der Waals surface area contributed by atoms with Crippen molar-refractivity contribution in [2.45, 2.75) is 20.3 Å². The van der Waals surface area contributed by atoms with Crippen LogP contribution in [0, 0.1) is 11.8 Å². The molecule has 0 radical (unpaired) electrons. The summed E-state index contributed by atoms with van der Waals surface area (Å²) >= 11 is 0. The highest BCUT2D eigenvalue weighted by molar-refractivity contribution is 4.75. The third kappa shape index (κ3) is 2.68. The summed E-state index contributed by atoms with van der Waals surface area (Å²) in [6.07, 6.45) is -2.23. The van der Waals surface area contributed by atoms with Gasteiger partial charge in [-0.15, -0.1) is 0 Å². The maximum absolute atomic E-state index is 11.9. The fraction of sp³-hybridized carbons (Fsp3) is 1.00. The monoisotopic (exact) mass is 178 g/mol. The van der Waals surface area contributed by atoms with E-state index in [0.29, 0.717) is 11.8 Å². The van der Waals surface area contributed by atoms with Gasteiger partial charge < -0.3 is 0 Å². The summed E-state index contributed by atoms with van der Waals surface area (Å²) in [6.45, 7) is 5.69. The Morgan fingerprint density at radius 2 is 2.17 bits per heavy atom. The number of nitrogens with zero attached hydrogens (tertiary/aromatic N) is 1. The van der Waals surface area contributed by atoms with Crippen LogP contribution in [-0.2, 0) is 0 Å². The van der Waals surface area contributed by atoms with Gasteiger partial charge in [0, 0.05) is 13.1 Å². The maximum Gasteiger partial charge on any atom is 0.252 e. The van der Waals surface area contributed by atoms with Crippen LogP contribution in [0.2, 0.25) is 0 Å². The summed E-state index contributed by atoms with van der Waals surface area (Å²) in [6, 6.07) is 0. The Hall–Kier alpha value is -0.220. The Bertz CT molecular complexity index is 139. The Morgan fingerprint density at radius 1 is 1.50 bits per heavy atom. The summed E-state index contributed by atoms with van der Waals surface area (Å²) in [5.41, 5.74) is 2.97. The van der Waals surface area contributed by atoms with Crippen LogP contribution < -0.4 is 5.43 Å². The molecule has 72 valence electrons. The van der Waals surface area contributed by atoms with Crippen molar-refractivity contribution >= 4 is 0 Å². The lowest BCUT2D eigenvalue weighted by molar-refractivity contribution is 0.0775. The Labute approximate surface area is 71.9 Å². The van der Waals surface area contributed by atoms with Gasteiger partial charge in [0.15, 0.2) is 0 Å². The summed E-state index contributed by atoms with van der Waals surface area (Å²) in [5, 5.41) is 1.62. The third-order valence-electron chi connectivity index (χ3n) is 2.33. The zero-order chi connectivity index (χ0) is 9.14. The molecular formula is C8H16F2N2. The van der Waals surface area contributed by atoms with Gasteiger partial charge in [0.05, 0.1) is 6.54 Å². The van der Waals surface area contributed by atoms with Gasteiger partial charge in [0.1, 0.15) is 0 Å². The maximum atomic E-state index is 11.9. The van der Waals surface area contributed by atoms with E-state index in [0.717, 1.165) is 13.1 Å². The molecule has 2 nitrogen and oxygen atoms in total. The van der Waals surface area contributed by atoms with Crippen LogP contribution >= 0.6 is 0 Å². The van der Waals surface area contributed by atoms with Gasteiger partial charge in [-0.2, -0.15) is 0 Å². The first kappa shape index (κ1) is 9.86. The summed E-state index contributed by atoms with van der Waals surface area (Å²) in [4.78, 5) is 0. The summed E-state index contributed by atoms with van der Waals surface area (Å²) < 4.78 is 23.9. The molecule has 1 saturated heterocycles. The largest absolute Gasteiger partial charge is 0.255 e. The lowest BCUT2D eigenvalue weighted by Crippen LogP contribution is -2.34. The van der Waals surface area contributed by atoms with Crippen LogP contribution in [0.5, 0.6) is 0 Å². The van der Waals surface area contributed by atoms with Crippen molar-refractivity contribution in [3.63, 3.8) is 0 Å². The van der Waals surface area contributed by atoms with Crippen molar-refractivity contribution < 1.29 is 8.78 Å². The van der Waals surface area contributed by atoms with E-state index >= 15 is 0 Å². The average Bonchev–Trinajstić information content (AvgIpc) is 2.34. The SMILES string of the molecule is CC(C)C1CNN(CC(F)F)C1. The van der Waals surface area contributed by atoms with Crippen molar-refractivity contribution in [3.05, 3.63) is 0 Å². The topological polar surface area (TPSA) is 15.3 Å². The molecule has 0 aromatic rings. The molecule has 0 aromatic carbocycles. The molecule has 0 bridgehead atoms. The number of rotatable bonds is 3. The van der Waals surface area contributed by atoms with Crippen molar-refractivity contribution in [2.75, 3.05) is 19.6 Å². The minimum absolute atomic E-state index is 0.150.